The third-order valence-electron chi connectivity index (χ3n) is 2.82. The number of nitrogens with zero attached hydrogens (tertiary/aromatic N) is 1. The van der Waals surface area contributed by atoms with Gasteiger partial charge in [-0.2, -0.15) is 12.6 Å². The summed E-state index contributed by atoms with van der Waals surface area (Å²) in [4.78, 5) is 26.6. The topological polar surface area (TPSA) is 66.7 Å². The normalized spacial score (nSPS) is 26.0. The lowest BCUT2D eigenvalue weighted by Crippen LogP contribution is -2.29. The minimum atomic E-state index is -0.965. The van der Waals surface area contributed by atoms with Crippen molar-refractivity contribution in [2.45, 2.75) is 31.4 Å². The van der Waals surface area contributed by atoms with Gasteiger partial charge in [-0.15, -0.1) is 0 Å². The maximum Gasteiger partial charge on any atom is 0.311 e. The molecule has 1 amide bonds. The van der Waals surface area contributed by atoms with Gasteiger partial charge >= 0.3 is 5.97 Å². The second-order valence-electron chi connectivity index (χ2n) is 4.07. The van der Waals surface area contributed by atoms with Crippen molar-refractivity contribution in [2.24, 2.45) is 16.8 Å². The highest BCUT2D eigenvalue weighted by Crippen LogP contribution is 2.26. The maximum atomic E-state index is 11.8. The summed E-state index contributed by atoms with van der Waals surface area (Å²) < 4.78 is 0. The van der Waals surface area contributed by atoms with E-state index in [0.29, 0.717) is 6.42 Å². The summed E-state index contributed by atoms with van der Waals surface area (Å²) >= 11 is 4.20. The number of hydrogen-bond acceptors (Lipinski definition) is 3. The lowest BCUT2D eigenvalue weighted by atomic mass is 9.83. The lowest BCUT2D eigenvalue weighted by molar-refractivity contribution is -0.144. The third-order valence-corrected chi connectivity index (χ3v) is 3.31. The van der Waals surface area contributed by atoms with Crippen LogP contribution in [-0.2, 0) is 9.59 Å². The number of carboxylic acids is 1. The molecule has 1 rings (SSSR count). The molecule has 0 bridgehead atoms. The highest BCUT2D eigenvalue weighted by Gasteiger charge is 2.32. The first-order valence-electron chi connectivity index (χ1n) is 5.71. The number of carbonyl (C=O) groups excluding carboxylic acids is 1. The van der Waals surface area contributed by atoms with E-state index in [1.807, 2.05) is 6.92 Å². The number of amides is 1. The minimum absolute atomic E-state index is 0.0543. The lowest BCUT2D eigenvalue weighted by Gasteiger charge is -2.21. The molecule has 0 spiro atoms. The van der Waals surface area contributed by atoms with Gasteiger partial charge in [-0.3, -0.25) is 9.59 Å². The van der Waals surface area contributed by atoms with Gasteiger partial charge in [0.1, 0.15) is 0 Å². The molecule has 0 saturated carbocycles. The number of allylic oxidation sites excluding steroid dienone is 1. The Kier molecular flexibility index (Phi) is 5.41. The fourth-order valence-electron chi connectivity index (χ4n) is 1.72. The molecular weight excluding hydrogens is 238 g/mol. The standard InChI is InChI=1S/C12H17NO3S/c1-2-8(17)7-13-11(14)9-5-3-4-6-10(9)12(15)16/h4,6-10,17H,2-3,5H2,1H3,(H,15,16). The van der Waals surface area contributed by atoms with Gasteiger partial charge in [-0.25, -0.2) is 4.99 Å². The van der Waals surface area contributed by atoms with Crippen molar-refractivity contribution in [1.82, 2.24) is 0 Å². The molecule has 0 radical (unpaired) electrons. The zero-order chi connectivity index (χ0) is 12.8. The van der Waals surface area contributed by atoms with Crippen molar-refractivity contribution < 1.29 is 14.7 Å². The molecule has 4 nitrogen and oxygen atoms in total. The van der Waals surface area contributed by atoms with E-state index in [2.05, 4.69) is 17.6 Å². The summed E-state index contributed by atoms with van der Waals surface area (Å²) in [6, 6.07) is 0. The Labute approximate surface area is 106 Å². The summed E-state index contributed by atoms with van der Waals surface area (Å²) in [5.41, 5.74) is 0. The van der Waals surface area contributed by atoms with Crippen LogP contribution < -0.4 is 0 Å². The van der Waals surface area contributed by atoms with E-state index in [1.165, 1.54) is 6.21 Å². The smallest absolute Gasteiger partial charge is 0.311 e. The quantitative estimate of drug-likeness (QED) is 0.458. The van der Waals surface area contributed by atoms with Gasteiger partial charge in [0.15, 0.2) is 0 Å². The average Bonchev–Trinajstić information content (AvgIpc) is 2.35. The Hall–Kier alpha value is -1.10. The molecule has 0 fully saturated rings. The van der Waals surface area contributed by atoms with Gasteiger partial charge < -0.3 is 5.11 Å². The van der Waals surface area contributed by atoms with E-state index in [4.69, 9.17) is 5.11 Å². The van der Waals surface area contributed by atoms with Crippen LogP contribution in [0.15, 0.2) is 17.1 Å². The molecule has 1 N–H and O–H groups in total. The van der Waals surface area contributed by atoms with Crippen LogP contribution in [0.5, 0.6) is 0 Å². The minimum Gasteiger partial charge on any atom is -0.481 e. The molecule has 5 heteroatoms. The van der Waals surface area contributed by atoms with E-state index in [-0.39, 0.29) is 11.2 Å². The Bertz CT molecular complexity index is 352. The number of thiol groups is 1. The molecular formula is C12H17NO3S. The van der Waals surface area contributed by atoms with Gasteiger partial charge in [-0.1, -0.05) is 19.1 Å². The fraction of sp³-hybridized carbons (Fsp3) is 0.583. The first-order valence-corrected chi connectivity index (χ1v) is 6.23. The highest BCUT2D eigenvalue weighted by atomic mass is 32.1. The summed E-state index contributed by atoms with van der Waals surface area (Å²) in [6.07, 6.45) is 6.94. The molecule has 1 aliphatic rings. The molecule has 1 aliphatic carbocycles. The second kappa shape index (κ2) is 6.59. The molecule has 0 aromatic heterocycles. The van der Waals surface area contributed by atoms with Crippen LogP contribution in [0.2, 0.25) is 0 Å². The van der Waals surface area contributed by atoms with Gasteiger partial charge in [0.2, 0.25) is 5.91 Å². The van der Waals surface area contributed by atoms with Crippen LogP contribution in [-0.4, -0.2) is 28.4 Å². The molecule has 0 saturated heterocycles. The molecule has 17 heavy (non-hydrogen) atoms. The highest BCUT2D eigenvalue weighted by molar-refractivity contribution is 7.81. The summed E-state index contributed by atoms with van der Waals surface area (Å²) in [5.74, 6) is -2.60. The van der Waals surface area contributed by atoms with Crippen molar-refractivity contribution in [1.29, 1.82) is 0 Å². The largest absolute Gasteiger partial charge is 0.481 e. The first kappa shape index (κ1) is 14.0. The van der Waals surface area contributed by atoms with Gasteiger partial charge in [0.05, 0.1) is 11.8 Å². The van der Waals surface area contributed by atoms with Crippen LogP contribution in [0.1, 0.15) is 26.2 Å². The zero-order valence-corrected chi connectivity index (χ0v) is 10.6. The maximum absolute atomic E-state index is 11.8. The Morgan fingerprint density at radius 3 is 2.94 bits per heavy atom. The summed E-state index contributed by atoms with van der Waals surface area (Å²) in [7, 11) is 0. The van der Waals surface area contributed by atoms with Crippen LogP contribution in [0.25, 0.3) is 0 Å². The average molecular weight is 255 g/mol. The second-order valence-corrected chi connectivity index (χ2v) is 4.73. The van der Waals surface area contributed by atoms with Crippen LogP contribution in [0.4, 0.5) is 0 Å². The summed E-state index contributed by atoms with van der Waals surface area (Å²) in [6.45, 7) is 1.94. The predicted molar refractivity (Wildman–Crippen MR) is 69.6 cm³/mol. The number of rotatable bonds is 4. The number of aliphatic carboxylic acids is 1. The number of aliphatic imine (C=N–C) groups is 1. The van der Waals surface area contributed by atoms with Crippen LogP contribution in [0.3, 0.4) is 0 Å². The van der Waals surface area contributed by atoms with Crippen LogP contribution >= 0.6 is 12.6 Å². The molecule has 94 valence electrons. The first-order chi connectivity index (χ1) is 8.06. The summed E-state index contributed by atoms with van der Waals surface area (Å²) in [5, 5.41) is 8.96. The number of hydrogen-bond donors (Lipinski definition) is 2. The van der Waals surface area contributed by atoms with E-state index in [1.54, 1.807) is 12.2 Å². The van der Waals surface area contributed by atoms with E-state index < -0.39 is 17.8 Å². The predicted octanol–water partition coefficient (Wildman–Crippen LogP) is 1.96. The number of carbonyl (C=O) groups is 2. The van der Waals surface area contributed by atoms with Gasteiger partial charge in [0.25, 0.3) is 0 Å². The monoisotopic (exact) mass is 255 g/mol. The van der Waals surface area contributed by atoms with E-state index in [0.717, 1.165) is 12.8 Å². The molecule has 0 aromatic rings. The fourth-order valence-corrected chi connectivity index (χ4v) is 1.79. The van der Waals surface area contributed by atoms with Crippen LogP contribution in [0, 0.1) is 11.8 Å². The third kappa shape index (κ3) is 4.00. The molecule has 0 aliphatic heterocycles. The van der Waals surface area contributed by atoms with E-state index in [9.17, 15) is 9.59 Å². The Morgan fingerprint density at radius 2 is 2.35 bits per heavy atom. The van der Waals surface area contributed by atoms with Gasteiger partial charge in [0, 0.05) is 11.5 Å². The Balaban J connectivity index is 2.70. The van der Waals surface area contributed by atoms with E-state index >= 15 is 0 Å². The SMILES string of the molecule is CCC(S)C=NC(=O)C1CCC=CC1C(=O)O. The van der Waals surface area contributed by atoms with Crippen molar-refractivity contribution in [3.8, 4) is 0 Å². The number of carboxylic acid groups (broad SMARTS) is 1. The van der Waals surface area contributed by atoms with Crippen molar-refractivity contribution in [3.05, 3.63) is 12.2 Å². The molecule has 0 heterocycles. The van der Waals surface area contributed by atoms with Crippen molar-refractivity contribution >= 4 is 30.7 Å². The molecule has 3 unspecified atom stereocenters. The zero-order valence-electron chi connectivity index (χ0n) is 9.74. The Morgan fingerprint density at radius 1 is 1.65 bits per heavy atom. The molecule has 3 atom stereocenters. The molecule has 0 aromatic carbocycles. The van der Waals surface area contributed by atoms with Crippen molar-refractivity contribution in [2.75, 3.05) is 0 Å². The van der Waals surface area contributed by atoms with Gasteiger partial charge in [-0.05, 0) is 19.3 Å². The van der Waals surface area contributed by atoms with Crippen molar-refractivity contribution in [3.63, 3.8) is 0 Å².